The normalized spacial score (nSPS) is 10.4. The van der Waals surface area contributed by atoms with Crippen LogP contribution in [0.3, 0.4) is 0 Å². The van der Waals surface area contributed by atoms with Gasteiger partial charge in [0.1, 0.15) is 18.1 Å². The Morgan fingerprint density at radius 2 is 1.58 bits per heavy atom. The Labute approximate surface area is 154 Å². The molecule has 3 heteroatoms. The van der Waals surface area contributed by atoms with Crippen molar-refractivity contribution in [2.75, 3.05) is 0 Å². The number of hydrogen-bond acceptors (Lipinski definition) is 3. The Hall–Kier alpha value is -3.07. The zero-order valence-corrected chi connectivity index (χ0v) is 15.1. The van der Waals surface area contributed by atoms with Crippen LogP contribution in [0.1, 0.15) is 24.5 Å². The van der Waals surface area contributed by atoms with Crippen molar-refractivity contribution in [2.45, 2.75) is 26.9 Å². The summed E-state index contributed by atoms with van der Waals surface area (Å²) in [5.41, 5.74) is 3.98. The fraction of sp³-hybridized carbons (Fsp3) is 0.174. The average molecular weight is 346 g/mol. The maximum absolute atomic E-state index is 11.8. The molecule has 3 nitrogen and oxygen atoms in total. The van der Waals surface area contributed by atoms with E-state index in [0.717, 1.165) is 28.0 Å². The van der Waals surface area contributed by atoms with Crippen molar-refractivity contribution in [1.29, 1.82) is 0 Å². The predicted molar refractivity (Wildman–Crippen MR) is 103 cm³/mol. The van der Waals surface area contributed by atoms with Gasteiger partial charge in [-0.1, -0.05) is 67.1 Å². The second-order valence-corrected chi connectivity index (χ2v) is 6.10. The molecule has 0 aliphatic carbocycles. The first-order chi connectivity index (χ1) is 12.7. The monoisotopic (exact) mass is 346 g/mol. The number of hydrogen-bond donors (Lipinski definition) is 0. The molecule has 0 spiro atoms. The molecule has 0 atom stereocenters. The lowest BCUT2D eigenvalue weighted by Gasteiger charge is -2.15. The highest BCUT2D eigenvalue weighted by Gasteiger charge is 2.14. The molecule has 0 N–H and O–H groups in total. The van der Waals surface area contributed by atoms with E-state index in [9.17, 15) is 4.79 Å². The lowest BCUT2D eigenvalue weighted by molar-refractivity contribution is -0.133. The quantitative estimate of drug-likeness (QED) is 0.433. The number of aryl methyl sites for hydroxylation is 1. The van der Waals surface area contributed by atoms with Gasteiger partial charge in [0, 0.05) is 17.5 Å². The standard InChI is InChI=1S/C23H22O3/c1-3-23(24)26-22-12-8-7-11-19(22)20-15-17(2)13-14-21(20)25-16-18-9-5-4-6-10-18/h4-15H,3,16H2,1-2H3. The van der Waals surface area contributed by atoms with Crippen molar-refractivity contribution in [3.63, 3.8) is 0 Å². The predicted octanol–water partition coefficient (Wildman–Crippen LogP) is 5.56. The Balaban J connectivity index is 1.95. The number of para-hydroxylation sites is 1. The molecule has 0 saturated heterocycles. The second kappa shape index (κ2) is 8.34. The van der Waals surface area contributed by atoms with Crippen molar-refractivity contribution in [1.82, 2.24) is 0 Å². The third-order valence-corrected chi connectivity index (χ3v) is 4.06. The van der Waals surface area contributed by atoms with E-state index in [4.69, 9.17) is 9.47 Å². The molecule has 3 aromatic carbocycles. The van der Waals surface area contributed by atoms with Crippen LogP contribution in [-0.4, -0.2) is 5.97 Å². The summed E-state index contributed by atoms with van der Waals surface area (Å²) < 4.78 is 11.6. The zero-order chi connectivity index (χ0) is 18.4. The van der Waals surface area contributed by atoms with Crippen LogP contribution in [0.4, 0.5) is 0 Å². The molecule has 0 aliphatic rings. The number of benzene rings is 3. The Morgan fingerprint density at radius 1 is 0.846 bits per heavy atom. The van der Waals surface area contributed by atoms with Gasteiger partial charge in [0.05, 0.1) is 0 Å². The van der Waals surface area contributed by atoms with Crippen LogP contribution >= 0.6 is 0 Å². The van der Waals surface area contributed by atoms with E-state index in [-0.39, 0.29) is 5.97 Å². The topological polar surface area (TPSA) is 35.5 Å². The summed E-state index contributed by atoms with van der Waals surface area (Å²) in [6.45, 7) is 4.30. The zero-order valence-electron chi connectivity index (χ0n) is 15.1. The minimum atomic E-state index is -0.253. The van der Waals surface area contributed by atoms with Crippen LogP contribution in [0.2, 0.25) is 0 Å². The molecule has 0 amide bonds. The van der Waals surface area contributed by atoms with Crippen LogP contribution in [0.5, 0.6) is 11.5 Å². The summed E-state index contributed by atoms with van der Waals surface area (Å²) >= 11 is 0. The summed E-state index contributed by atoms with van der Waals surface area (Å²) in [6.07, 6.45) is 0.333. The van der Waals surface area contributed by atoms with Crippen LogP contribution in [0.25, 0.3) is 11.1 Å². The van der Waals surface area contributed by atoms with E-state index >= 15 is 0 Å². The third kappa shape index (κ3) is 4.31. The Bertz CT molecular complexity index is 885. The molecular formula is C23H22O3. The van der Waals surface area contributed by atoms with Crippen molar-refractivity contribution in [3.05, 3.63) is 83.9 Å². The van der Waals surface area contributed by atoms with Crippen molar-refractivity contribution in [3.8, 4) is 22.6 Å². The highest BCUT2D eigenvalue weighted by Crippen LogP contribution is 2.37. The molecular weight excluding hydrogens is 324 g/mol. The van der Waals surface area contributed by atoms with Crippen LogP contribution < -0.4 is 9.47 Å². The molecule has 0 bridgehead atoms. The first-order valence-electron chi connectivity index (χ1n) is 8.75. The average Bonchev–Trinajstić information content (AvgIpc) is 2.68. The lowest BCUT2D eigenvalue weighted by atomic mass is 10.0. The third-order valence-electron chi connectivity index (χ3n) is 4.06. The van der Waals surface area contributed by atoms with Gasteiger partial charge in [-0.3, -0.25) is 4.79 Å². The van der Waals surface area contributed by atoms with Gasteiger partial charge in [-0.25, -0.2) is 0 Å². The number of ether oxygens (including phenoxy) is 2. The summed E-state index contributed by atoms with van der Waals surface area (Å²) in [4.78, 5) is 11.8. The van der Waals surface area contributed by atoms with E-state index in [1.54, 1.807) is 6.92 Å². The van der Waals surface area contributed by atoms with Crippen molar-refractivity contribution >= 4 is 5.97 Å². The Morgan fingerprint density at radius 3 is 2.35 bits per heavy atom. The smallest absolute Gasteiger partial charge is 0.310 e. The van der Waals surface area contributed by atoms with Gasteiger partial charge in [-0.2, -0.15) is 0 Å². The van der Waals surface area contributed by atoms with Gasteiger partial charge in [0.15, 0.2) is 0 Å². The van der Waals surface area contributed by atoms with Gasteiger partial charge in [0.25, 0.3) is 0 Å². The van der Waals surface area contributed by atoms with E-state index in [2.05, 4.69) is 6.07 Å². The summed E-state index contributed by atoms with van der Waals surface area (Å²) in [6, 6.07) is 23.6. The van der Waals surface area contributed by atoms with E-state index in [1.807, 2.05) is 73.7 Å². The molecule has 0 fully saturated rings. The molecule has 0 saturated carbocycles. The lowest BCUT2D eigenvalue weighted by Crippen LogP contribution is -2.06. The van der Waals surface area contributed by atoms with Crippen LogP contribution in [0, 0.1) is 6.92 Å². The summed E-state index contributed by atoms with van der Waals surface area (Å²) in [5.74, 6) is 1.06. The van der Waals surface area contributed by atoms with Gasteiger partial charge in [-0.15, -0.1) is 0 Å². The molecule has 3 rings (SSSR count). The molecule has 0 heterocycles. The van der Waals surface area contributed by atoms with Crippen molar-refractivity contribution < 1.29 is 14.3 Å². The van der Waals surface area contributed by atoms with Gasteiger partial charge < -0.3 is 9.47 Å². The number of rotatable bonds is 6. The first kappa shape index (κ1) is 17.7. The maximum atomic E-state index is 11.8. The minimum Gasteiger partial charge on any atom is -0.488 e. The molecule has 3 aromatic rings. The minimum absolute atomic E-state index is 0.253. The fourth-order valence-electron chi connectivity index (χ4n) is 2.69. The molecule has 0 aromatic heterocycles. The molecule has 0 aliphatic heterocycles. The molecule has 26 heavy (non-hydrogen) atoms. The van der Waals surface area contributed by atoms with E-state index in [0.29, 0.717) is 18.8 Å². The number of carbonyl (C=O) groups is 1. The van der Waals surface area contributed by atoms with E-state index < -0.39 is 0 Å². The van der Waals surface area contributed by atoms with Gasteiger partial charge in [-0.05, 0) is 30.7 Å². The summed E-state index contributed by atoms with van der Waals surface area (Å²) in [5, 5.41) is 0. The molecule has 0 unspecified atom stereocenters. The number of esters is 1. The fourth-order valence-corrected chi connectivity index (χ4v) is 2.69. The highest BCUT2D eigenvalue weighted by molar-refractivity contribution is 5.80. The van der Waals surface area contributed by atoms with Gasteiger partial charge in [0.2, 0.25) is 0 Å². The highest BCUT2D eigenvalue weighted by atomic mass is 16.5. The van der Waals surface area contributed by atoms with Crippen molar-refractivity contribution in [2.24, 2.45) is 0 Å². The summed E-state index contributed by atoms with van der Waals surface area (Å²) in [7, 11) is 0. The van der Waals surface area contributed by atoms with E-state index in [1.165, 1.54) is 0 Å². The molecule has 0 radical (unpaired) electrons. The second-order valence-electron chi connectivity index (χ2n) is 6.10. The van der Waals surface area contributed by atoms with Crippen LogP contribution in [0.15, 0.2) is 72.8 Å². The van der Waals surface area contributed by atoms with Crippen LogP contribution in [-0.2, 0) is 11.4 Å². The number of carbonyl (C=O) groups excluding carboxylic acids is 1. The first-order valence-corrected chi connectivity index (χ1v) is 8.75. The SMILES string of the molecule is CCC(=O)Oc1ccccc1-c1cc(C)ccc1OCc1ccccc1. The largest absolute Gasteiger partial charge is 0.488 e. The molecule has 132 valence electrons. The maximum Gasteiger partial charge on any atom is 0.310 e. The Kier molecular flexibility index (Phi) is 5.69. The van der Waals surface area contributed by atoms with Gasteiger partial charge >= 0.3 is 5.97 Å².